The van der Waals surface area contributed by atoms with Gasteiger partial charge in [0.1, 0.15) is 0 Å². The van der Waals surface area contributed by atoms with Crippen molar-refractivity contribution in [1.29, 1.82) is 0 Å². The molecule has 13 heavy (non-hydrogen) atoms. The lowest BCUT2D eigenvalue weighted by Gasteiger charge is -1.89. The molecule has 0 amide bonds. The maximum absolute atomic E-state index is 9.67. The summed E-state index contributed by atoms with van der Waals surface area (Å²) in [6.45, 7) is 0. The first kappa shape index (κ1) is 15.1. The molecule has 2 N–H and O–H groups in total. The Morgan fingerprint density at radius 2 is 1.08 bits per heavy atom. The van der Waals surface area contributed by atoms with Gasteiger partial charge in [-0.15, -0.1) is 3.63 Å². The van der Waals surface area contributed by atoms with Crippen molar-refractivity contribution in [3.8, 4) is 0 Å². The van der Waals surface area contributed by atoms with E-state index in [1.165, 1.54) is 0 Å². The molecular formula is H2BF3O7S2. The summed E-state index contributed by atoms with van der Waals surface area (Å²) in [5, 5.41) is 0. The summed E-state index contributed by atoms with van der Waals surface area (Å²) >= 11 is 0. The highest BCUT2D eigenvalue weighted by molar-refractivity contribution is 7.94. The molecule has 0 radical (unpaired) electrons. The highest BCUT2D eigenvalue weighted by Gasteiger charge is 2.15. The van der Waals surface area contributed by atoms with E-state index in [1.54, 1.807) is 0 Å². The zero-order chi connectivity index (χ0) is 11.3. The Morgan fingerprint density at radius 3 is 1.08 bits per heavy atom. The van der Waals surface area contributed by atoms with E-state index >= 15 is 0 Å². The van der Waals surface area contributed by atoms with E-state index in [0.717, 1.165) is 0 Å². The summed E-state index contributed by atoms with van der Waals surface area (Å²) in [6.07, 6.45) is 0. The van der Waals surface area contributed by atoms with Crippen molar-refractivity contribution in [3.05, 3.63) is 0 Å². The van der Waals surface area contributed by atoms with Gasteiger partial charge in [-0.1, -0.05) is 0 Å². The van der Waals surface area contributed by atoms with Crippen LogP contribution in [-0.4, -0.2) is 33.5 Å². The minimum Gasteiger partial charge on any atom is -0.263 e. The predicted octanol–water partition coefficient (Wildman–Crippen LogP) is -0.512. The summed E-state index contributed by atoms with van der Waals surface area (Å²) < 4.78 is 84.6. The molecule has 0 aromatic rings. The lowest BCUT2D eigenvalue weighted by molar-refractivity contribution is 0.344. The SMILES string of the molecule is FB(F)F.O=S(=O)(O)OS(=O)(=O)O. The average Bonchev–Trinajstić information content (AvgIpc) is 1.47. The van der Waals surface area contributed by atoms with E-state index < -0.39 is 28.3 Å². The Morgan fingerprint density at radius 1 is 0.923 bits per heavy atom. The van der Waals surface area contributed by atoms with Gasteiger partial charge in [-0.05, 0) is 0 Å². The zero-order valence-corrected chi connectivity index (χ0v) is 7.10. The van der Waals surface area contributed by atoms with Crippen molar-refractivity contribution in [2.45, 2.75) is 0 Å². The van der Waals surface area contributed by atoms with Crippen LogP contribution in [0, 0.1) is 0 Å². The molecular weight excluding hydrogens is 244 g/mol. The van der Waals surface area contributed by atoms with Crippen molar-refractivity contribution in [2.24, 2.45) is 0 Å². The lowest BCUT2D eigenvalue weighted by atomic mass is 10.5. The minimum absolute atomic E-state index is 2.68. The molecule has 7 nitrogen and oxygen atoms in total. The van der Waals surface area contributed by atoms with Crippen molar-refractivity contribution >= 4 is 28.3 Å². The van der Waals surface area contributed by atoms with Crippen LogP contribution in [0.1, 0.15) is 0 Å². The third-order valence-corrected chi connectivity index (χ3v) is 1.55. The second kappa shape index (κ2) is 5.38. The van der Waals surface area contributed by atoms with Crippen molar-refractivity contribution < 1.29 is 42.5 Å². The molecule has 0 spiro atoms. The lowest BCUT2D eigenvalue weighted by Crippen LogP contribution is -2.10. The fourth-order valence-corrected chi connectivity index (χ4v) is 0.978. The van der Waals surface area contributed by atoms with E-state index in [9.17, 15) is 29.8 Å². The molecule has 0 heterocycles. The van der Waals surface area contributed by atoms with Gasteiger partial charge in [-0.25, -0.2) is 0 Å². The fraction of sp³-hybridized carbons (Fsp3) is 0. The van der Waals surface area contributed by atoms with E-state index in [1.807, 2.05) is 0 Å². The Kier molecular flexibility index (Phi) is 6.26. The van der Waals surface area contributed by atoms with Gasteiger partial charge in [-0.3, -0.25) is 22.1 Å². The summed E-state index contributed by atoms with van der Waals surface area (Å²) in [5.74, 6) is 0. The van der Waals surface area contributed by atoms with Gasteiger partial charge in [0.15, 0.2) is 0 Å². The molecule has 0 aliphatic rings. The van der Waals surface area contributed by atoms with Crippen LogP contribution in [0.4, 0.5) is 12.9 Å². The molecule has 80 valence electrons. The molecule has 0 saturated carbocycles. The van der Waals surface area contributed by atoms with Crippen LogP contribution >= 0.6 is 0 Å². The predicted molar refractivity (Wildman–Crippen MR) is 33.3 cm³/mol. The second-order valence-electron chi connectivity index (χ2n) is 1.17. The van der Waals surface area contributed by atoms with E-state index in [0.29, 0.717) is 0 Å². The van der Waals surface area contributed by atoms with Crippen LogP contribution in [0.2, 0.25) is 0 Å². The molecule has 0 rings (SSSR count). The summed E-state index contributed by atoms with van der Waals surface area (Å²) in [4.78, 5) is 0. The largest absolute Gasteiger partial charge is 0.762 e. The Bertz CT molecular complexity index is 281. The number of hydrogen-bond donors (Lipinski definition) is 2. The minimum atomic E-state index is -5.12. The standard InChI is InChI=1S/BF3.H2O7S2/c2-1(3)4;1-8(2,3)7-9(4,5)6/h;(H,1,2,3)(H,4,5,6). The number of rotatable bonds is 2. The first-order valence-electron chi connectivity index (χ1n) is 2.02. The van der Waals surface area contributed by atoms with Crippen LogP contribution in [0.3, 0.4) is 0 Å². The maximum atomic E-state index is 9.67. The monoisotopic (exact) mass is 246 g/mol. The van der Waals surface area contributed by atoms with Gasteiger partial charge in [0.05, 0.1) is 0 Å². The highest BCUT2D eigenvalue weighted by atomic mass is 32.3. The van der Waals surface area contributed by atoms with Crippen molar-refractivity contribution in [2.75, 3.05) is 0 Å². The van der Waals surface area contributed by atoms with Crippen LogP contribution in [0.25, 0.3) is 0 Å². The van der Waals surface area contributed by atoms with Crippen LogP contribution < -0.4 is 0 Å². The second-order valence-corrected chi connectivity index (χ2v) is 3.43. The average molecular weight is 246 g/mol. The van der Waals surface area contributed by atoms with Gasteiger partial charge >= 0.3 is 28.3 Å². The molecule has 0 aromatic heterocycles. The number of halogens is 3. The summed E-state index contributed by atoms with van der Waals surface area (Å²) in [5.41, 5.74) is 0. The molecule has 0 atom stereocenters. The van der Waals surface area contributed by atoms with E-state index in [4.69, 9.17) is 9.11 Å². The van der Waals surface area contributed by atoms with Crippen LogP contribution in [0.5, 0.6) is 0 Å². The molecule has 0 bridgehead atoms. The molecule has 0 aromatic carbocycles. The van der Waals surface area contributed by atoms with Gasteiger partial charge in [0, 0.05) is 0 Å². The molecule has 0 saturated heterocycles. The molecule has 0 unspecified atom stereocenters. The van der Waals surface area contributed by atoms with Crippen molar-refractivity contribution in [3.63, 3.8) is 0 Å². The molecule has 0 aliphatic carbocycles. The normalized spacial score (nSPS) is 11.5. The number of hydrogen-bond acceptors (Lipinski definition) is 5. The van der Waals surface area contributed by atoms with Crippen LogP contribution in [0.15, 0.2) is 0 Å². The Balaban J connectivity index is 0. The zero-order valence-electron chi connectivity index (χ0n) is 5.46. The van der Waals surface area contributed by atoms with Crippen molar-refractivity contribution in [1.82, 2.24) is 0 Å². The smallest absolute Gasteiger partial charge is 0.263 e. The van der Waals surface area contributed by atoms with Gasteiger partial charge in [0.2, 0.25) is 0 Å². The Hall–Kier alpha value is -0.365. The van der Waals surface area contributed by atoms with Crippen LogP contribution in [-0.2, 0) is 24.4 Å². The third kappa shape index (κ3) is 34.0. The topological polar surface area (TPSA) is 118 Å². The van der Waals surface area contributed by atoms with E-state index in [-0.39, 0.29) is 0 Å². The third-order valence-electron chi connectivity index (χ3n) is 0.172. The summed E-state index contributed by atoms with van der Waals surface area (Å²) in [6, 6.07) is 0. The quantitative estimate of drug-likeness (QED) is 0.497. The first-order chi connectivity index (χ1) is 5.44. The maximum Gasteiger partial charge on any atom is 0.762 e. The van der Waals surface area contributed by atoms with Gasteiger partial charge in [0.25, 0.3) is 0 Å². The molecule has 0 fully saturated rings. The molecule has 13 heteroatoms. The Labute approximate surface area is 71.6 Å². The fourth-order valence-electron chi connectivity index (χ4n) is 0.109. The summed E-state index contributed by atoms with van der Waals surface area (Å²) in [7, 11) is -13.9. The van der Waals surface area contributed by atoms with E-state index in [2.05, 4.69) is 3.63 Å². The van der Waals surface area contributed by atoms with Gasteiger partial charge < -0.3 is 0 Å². The highest BCUT2D eigenvalue weighted by Crippen LogP contribution is 1.91. The molecule has 0 aliphatic heterocycles. The van der Waals surface area contributed by atoms with Gasteiger partial charge in [-0.2, -0.15) is 16.8 Å². The first-order valence-corrected chi connectivity index (χ1v) is 4.75.